The number of halogens is 1. The number of carbonyl (C=O) groups is 2. The lowest BCUT2D eigenvalue weighted by Gasteiger charge is -2.30. The van der Waals surface area contributed by atoms with Crippen LogP contribution in [0, 0.1) is 11.7 Å². The van der Waals surface area contributed by atoms with E-state index in [4.69, 9.17) is 4.42 Å². The van der Waals surface area contributed by atoms with Crippen molar-refractivity contribution in [1.29, 1.82) is 0 Å². The Bertz CT molecular complexity index is 1060. The summed E-state index contributed by atoms with van der Waals surface area (Å²) in [5, 5.41) is 0. The Hall–Kier alpha value is -3.41. The van der Waals surface area contributed by atoms with Crippen LogP contribution >= 0.6 is 0 Å². The molecule has 2 aromatic carbocycles. The van der Waals surface area contributed by atoms with Gasteiger partial charge in [0.15, 0.2) is 0 Å². The molecule has 1 fully saturated rings. The number of nitrogens with zero attached hydrogens (tertiary/aromatic N) is 2. The molecule has 6 heteroatoms. The van der Waals surface area contributed by atoms with Gasteiger partial charge in [0.05, 0.1) is 12.8 Å². The van der Waals surface area contributed by atoms with E-state index in [1.807, 2.05) is 38.1 Å². The largest absolute Gasteiger partial charge is 0.467 e. The van der Waals surface area contributed by atoms with Crippen LogP contribution in [0.2, 0.25) is 0 Å². The minimum absolute atomic E-state index is 0.00356. The molecule has 2 unspecified atom stereocenters. The number of amides is 2. The van der Waals surface area contributed by atoms with E-state index in [1.165, 1.54) is 17.7 Å². The van der Waals surface area contributed by atoms with Gasteiger partial charge in [0, 0.05) is 18.5 Å². The second-order valence-corrected chi connectivity index (χ2v) is 8.87. The van der Waals surface area contributed by atoms with Crippen molar-refractivity contribution in [3.63, 3.8) is 0 Å². The first kappa shape index (κ1) is 22.8. The van der Waals surface area contributed by atoms with E-state index >= 15 is 0 Å². The molecule has 5 nitrogen and oxygen atoms in total. The second kappa shape index (κ2) is 10.0. The molecule has 2 atom stereocenters. The highest BCUT2D eigenvalue weighted by Crippen LogP contribution is 2.48. The normalized spacial score (nSPS) is 17.1. The highest BCUT2D eigenvalue weighted by molar-refractivity contribution is 5.88. The van der Waals surface area contributed by atoms with Gasteiger partial charge in [0.2, 0.25) is 11.8 Å². The Labute approximate surface area is 193 Å². The van der Waals surface area contributed by atoms with Gasteiger partial charge in [-0.2, -0.15) is 0 Å². The van der Waals surface area contributed by atoms with E-state index in [0.717, 1.165) is 12.0 Å². The van der Waals surface area contributed by atoms with E-state index in [-0.39, 0.29) is 48.6 Å². The molecule has 0 aliphatic heterocycles. The summed E-state index contributed by atoms with van der Waals surface area (Å²) in [5.74, 6) is 0.309. The quantitative estimate of drug-likeness (QED) is 0.464. The van der Waals surface area contributed by atoms with Gasteiger partial charge in [-0.1, -0.05) is 42.5 Å². The Morgan fingerprint density at radius 1 is 1.00 bits per heavy atom. The first-order valence-electron chi connectivity index (χ1n) is 11.3. The summed E-state index contributed by atoms with van der Waals surface area (Å²) in [5.41, 5.74) is 1.98. The lowest BCUT2D eigenvalue weighted by Crippen LogP contribution is -2.46. The van der Waals surface area contributed by atoms with Crippen molar-refractivity contribution in [3.05, 3.63) is 95.7 Å². The van der Waals surface area contributed by atoms with Gasteiger partial charge < -0.3 is 14.2 Å². The molecule has 0 bridgehead atoms. The van der Waals surface area contributed by atoms with Crippen LogP contribution in [0.3, 0.4) is 0 Å². The molecule has 1 heterocycles. The molecule has 1 aliphatic carbocycles. The van der Waals surface area contributed by atoms with Gasteiger partial charge >= 0.3 is 0 Å². The minimum Gasteiger partial charge on any atom is -0.467 e. The highest BCUT2D eigenvalue weighted by Gasteiger charge is 2.46. The Balaban J connectivity index is 1.47. The molecule has 3 aromatic rings. The van der Waals surface area contributed by atoms with E-state index in [1.54, 1.807) is 34.3 Å². The summed E-state index contributed by atoms with van der Waals surface area (Å²) in [7, 11) is 0. The standard InChI is InChI=1S/C27H29FN2O3/c1-19(2)30(27(32)25-15-24(25)21-7-4-3-5-8-21)18-26(31)29(17-23-9-6-14-33-23)16-20-10-12-22(28)13-11-20/h3-14,19,24-25H,15-18H2,1-2H3. The molecule has 1 saturated carbocycles. The van der Waals surface area contributed by atoms with Crippen LogP contribution in [0.1, 0.15) is 43.1 Å². The Morgan fingerprint density at radius 3 is 2.36 bits per heavy atom. The molecule has 0 spiro atoms. The maximum Gasteiger partial charge on any atom is 0.242 e. The Morgan fingerprint density at radius 2 is 1.73 bits per heavy atom. The summed E-state index contributed by atoms with van der Waals surface area (Å²) in [4.78, 5) is 30.0. The molecule has 2 amide bonds. The monoisotopic (exact) mass is 448 g/mol. The number of benzene rings is 2. The van der Waals surface area contributed by atoms with Crippen molar-refractivity contribution in [2.45, 2.75) is 45.3 Å². The van der Waals surface area contributed by atoms with Gasteiger partial charge in [0.25, 0.3) is 0 Å². The molecule has 0 N–H and O–H groups in total. The number of hydrogen-bond donors (Lipinski definition) is 0. The van der Waals surface area contributed by atoms with Crippen LogP contribution in [-0.4, -0.2) is 34.2 Å². The van der Waals surface area contributed by atoms with Gasteiger partial charge in [-0.05, 0) is 61.6 Å². The molecule has 0 radical (unpaired) electrons. The lowest BCUT2D eigenvalue weighted by molar-refractivity contribution is -0.143. The first-order chi connectivity index (χ1) is 15.9. The number of rotatable bonds is 9. The highest BCUT2D eigenvalue weighted by atomic mass is 19.1. The average Bonchev–Trinajstić information content (AvgIpc) is 3.46. The lowest BCUT2D eigenvalue weighted by atomic mass is 10.1. The van der Waals surface area contributed by atoms with Gasteiger partial charge in [-0.3, -0.25) is 9.59 Å². The minimum atomic E-state index is -0.323. The zero-order valence-corrected chi connectivity index (χ0v) is 19.0. The fourth-order valence-corrected chi connectivity index (χ4v) is 4.14. The molecular formula is C27H29FN2O3. The number of carbonyl (C=O) groups excluding carboxylic acids is 2. The van der Waals surface area contributed by atoms with Crippen LogP contribution in [0.5, 0.6) is 0 Å². The zero-order chi connectivity index (χ0) is 23.4. The van der Waals surface area contributed by atoms with Crippen LogP contribution in [0.4, 0.5) is 4.39 Å². The van der Waals surface area contributed by atoms with Crippen LogP contribution in [0.25, 0.3) is 0 Å². The Kier molecular flexibility index (Phi) is 6.92. The second-order valence-electron chi connectivity index (χ2n) is 8.87. The predicted molar refractivity (Wildman–Crippen MR) is 124 cm³/mol. The summed E-state index contributed by atoms with van der Waals surface area (Å²) < 4.78 is 18.8. The molecule has 4 rings (SSSR count). The summed E-state index contributed by atoms with van der Waals surface area (Å²) >= 11 is 0. The fraction of sp³-hybridized carbons (Fsp3) is 0.333. The van der Waals surface area contributed by atoms with Crippen molar-refractivity contribution in [1.82, 2.24) is 9.80 Å². The third-order valence-corrected chi connectivity index (χ3v) is 6.11. The smallest absolute Gasteiger partial charge is 0.242 e. The van der Waals surface area contributed by atoms with Gasteiger partial charge in [0.1, 0.15) is 18.1 Å². The van der Waals surface area contributed by atoms with E-state index in [9.17, 15) is 14.0 Å². The first-order valence-corrected chi connectivity index (χ1v) is 11.3. The summed E-state index contributed by atoms with van der Waals surface area (Å²) in [6.45, 7) is 4.44. The van der Waals surface area contributed by atoms with E-state index < -0.39 is 0 Å². The SMILES string of the molecule is CC(C)N(CC(=O)N(Cc1ccc(F)cc1)Cc1ccco1)C(=O)C1CC1c1ccccc1. The van der Waals surface area contributed by atoms with Crippen LogP contribution < -0.4 is 0 Å². The van der Waals surface area contributed by atoms with Crippen molar-refractivity contribution < 1.29 is 18.4 Å². The number of hydrogen-bond acceptors (Lipinski definition) is 3. The molecule has 1 aliphatic rings. The van der Waals surface area contributed by atoms with Crippen LogP contribution in [-0.2, 0) is 22.7 Å². The average molecular weight is 449 g/mol. The van der Waals surface area contributed by atoms with Crippen LogP contribution in [0.15, 0.2) is 77.4 Å². The van der Waals surface area contributed by atoms with Gasteiger partial charge in [-0.15, -0.1) is 0 Å². The van der Waals surface area contributed by atoms with Gasteiger partial charge in [-0.25, -0.2) is 4.39 Å². The number of furan rings is 1. The predicted octanol–water partition coefficient (Wildman–Crippen LogP) is 4.99. The fourth-order valence-electron chi connectivity index (χ4n) is 4.14. The third-order valence-electron chi connectivity index (χ3n) is 6.11. The molecular weight excluding hydrogens is 419 g/mol. The summed E-state index contributed by atoms with van der Waals surface area (Å²) in [6, 6.07) is 19.6. The third kappa shape index (κ3) is 5.69. The molecule has 172 valence electrons. The zero-order valence-electron chi connectivity index (χ0n) is 19.0. The van der Waals surface area contributed by atoms with E-state index in [2.05, 4.69) is 12.1 Å². The van der Waals surface area contributed by atoms with Crippen molar-refractivity contribution >= 4 is 11.8 Å². The maximum atomic E-state index is 13.4. The molecule has 33 heavy (non-hydrogen) atoms. The summed E-state index contributed by atoms with van der Waals surface area (Å²) in [6.07, 6.45) is 2.38. The van der Waals surface area contributed by atoms with E-state index in [0.29, 0.717) is 12.3 Å². The topological polar surface area (TPSA) is 53.8 Å². The maximum absolute atomic E-state index is 13.4. The molecule has 0 saturated heterocycles. The van der Waals surface area contributed by atoms with Crippen molar-refractivity contribution in [2.75, 3.05) is 6.54 Å². The van der Waals surface area contributed by atoms with Crippen molar-refractivity contribution in [3.8, 4) is 0 Å². The van der Waals surface area contributed by atoms with Crippen molar-refractivity contribution in [2.24, 2.45) is 5.92 Å². The molecule has 1 aromatic heterocycles.